The van der Waals surface area contributed by atoms with Crippen LogP contribution in [0.2, 0.25) is 0 Å². The first-order valence-electron chi connectivity index (χ1n) is 9.06. The highest BCUT2D eigenvalue weighted by Crippen LogP contribution is 2.22. The fourth-order valence-corrected chi connectivity index (χ4v) is 2.99. The van der Waals surface area contributed by atoms with Gasteiger partial charge in [0.2, 0.25) is 0 Å². The van der Waals surface area contributed by atoms with Gasteiger partial charge >= 0.3 is 6.09 Å². The van der Waals surface area contributed by atoms with Crippen LogP contribution >= 0.6 is 0 Å². The summed E-state index contributed by atoms with van der Waals surface area (Å²) in [4.78, 5) is 27.4. The van der Waals surface area contributed by atoms with E-state index in [4.69, 9.17) is 4.74 Å². The van der Waals surface area contributed by atoms with Gasteiger partial charge in [0.05, 0.1) is 0 Å². The van der Waals surface area contributed by atoms with Crippen LogP contribution in [0.5, 0.6) is 0 Å². The molecule has 1 saturated heterocycles. The molecule has 1 aromatic rings. The normalized spacial score (nSPS) is 18.2. The van der Waals surface area contributed by atoms with E-state index in [9.17, 15) is 4.79 Å². The van der Waals surface area contributed by atoms with Crippen molar-refractivity contribution in [3.63, 3.8) is 0 Å². The van der Waals surface area contributed by atoms with E-state index in [2.05, 4.69) is 33.6 Å². The molecule has 7 nitrogen and oxygen atoms in total. The van der Waals surface area contributed by atoms with Gasteiger partial charge in [-0.2, -0.15) is 0 Å². The maximum atomic E-state index is 12.3. The van der Waals surface area contributed by atoms with Crippen molar-refractivity contribution >= 4 is 17.7 Å². The number of aromatic nitrogens is 2. The van der Waals surface area contributed by atoms with Gasteiger partial charge in [0.1, 0.15) is 23.6 Å². The van der Waals surface area contributed by atoms with Gasteiger partial charge in [0.15, 0.2) is 0 Å². The molecule has 0 bridgehead atoms. The zero-order chi connectivity index (χ0) is 18.6. The van der Waals surface area contributed by atoms with Crippen LogP contribution in [-0.4, -0.2) is 65.3 Å². The number of hydrogen-bond donors (Lipinski definition) is 0. The number of carbonyl (C=O) groups excluding carboxylic acids is 1. The van der Waals surface area contributed by atoms with Crippen molar-refractivity contribution in [3.05, 3.63) is 12.4 Å². The van der Waals surface area contributed by atoms with Crippen LogP contribution in [0, 0.1) is 0 Å². The fourth-order valence-electron chi connectivity index (χ4n) is 2.99. The summed E-state index contributed by atoms with van der Waals surface area (Å²) in [5.74, 6) is 1.85. The maximum absolute atomic E-state index is 12.3. The van der Waals surface area contributed by atoms with Crippen molar-refractivity contribution in [2.24, 2.45) is 0 Å². The number of rotatable bonds is 4. The first kappa shape index (κ1) is 19.3. The first-order chi connectivity index (χ1) is 11.7. The molecule has 1 amide bonds. The molecule has 1 aliphatic rings. The molecular formula is C18H31N5O2. The molecule has 0 aliphatic carbocycles. The molecule has 0 unspecified atom stereocenters. The Balaban J connectivity index is 2.05. The van der Waals surface area contributed by atoms with Crippen LogP contribution < -0.4 is 9.80 Å². The third-order valence-electron chi connectivity index (χ3n) is 4.31. The van der Waals surface area contributed by atoms with Crippen molar-refractivity contribution < 1.29 is 9.53 Å². The second kappa shape index (κ2) is 7.89. The van der Waals surface area contributed by atoms with Crippen molar-refractivity contribution in [1.82, 2.24) is 14.9 Å². The van der Waals surface area contributed by atoms with E-state index in [-0.39, 0.29) is 12.1 Å². The molecule has 2 heterocycles. The summed E-state index contributed by atoms with van der Waals surface area (Å²) in [6, 6.07) is 2.10. The molecule has 2 rings (SSSR count). The highest BCUT2D eigenvalue weighted by Gasteiger charge is 2.31. The van der Waals surface area contributed by atoms with Crippen molar-refractivity contribution in [1.29, 1.82) is 0 Å². The lowest BCUT2D eigenvalue weighted by molar-refractivity contribution is 0.0158. The molecule has 0 aromatic carbocycles. The minimum Gasteiger partial charge on any atom is -0.444 e. The van der Waals surface area contributed by atoms with Crippen LogP contribution in [0.25, 0.3) is 0 Å². The molecule has 0 spiro atoms. The van der Waals surface area contributed by atoms with E-state index in [1.165, 1.54) is 0 Å². The van der Waals surface area contributed by atoms with Gasteiger partial charge in [-0.3, -0.25) is 0 Å². The summed E-state index contributed by atoms with van der Waals surface area (Å²) in [6.07, 6.45) is 1.37. The van der Waals surface area contributed by atoms with E-state index < -0.39 is 5.60 Å². The monoisotopic (exact) mass is 349 g/mol. The third kappa shape index (κ3) is 4.96. The smallest absolute Gasteiger partial charge is 0.410 e. The zero-order valence-corrected chi connectivity index (χ0v) is 16.3. The predicted octanol–water partition coefficient (Wildman–Crippen LogP) is 2.77. The topological polar surface area (TPSA) is 61.8 Å². The van der Waals surface area contributed by atoms with Crippen LogP contribution in [0.15, 0.2) is 12.4 Å². The van der Waals surface area contributed by atoms with E-state index >= 15 is 0 Å². The lowest BCUT2D eigenvalue weighted by Gasteiger charge is -2.40. The molecule has 25 heavy (non-hydrogen) atoms. The second-order valence-electron chi connectivity index (χ2n) is 7.38. The Bertz CT molecular complexity index is 583. The van der Waals surface area contributed by atoms with E-state index in [0.717, 1.165) is 37.8 Å². The largest absolute Gasteiger partial charge is 0.444 e. The van der Waals surface area contributed by atoms with Crippen LogP contribution in [0.4, 0.5) is 16.4 Å². The summed E-state index contributed by atoms with van der Waals surface area (Å²) in [5.41, 5.74) is -0.473. The van der Waals surface area contributed by atoms with Gasteiger partial charge < -0.3 is 19.4 Å². The van der Waals surface area contributed by atoms with Gasteiger partial charge in [-0.25, -0.2) is 14.8 Å². The summed E-state index contributed by atoms with van der Waals surface area (Å²) >= 11 is 0. The van der Waals surface area contributed by atoms with E-state index in [1.807, 2.05) is 33.8 Å². The Morgan fingerprint density at radius 3 is 2.52 bits per heavy atom. The number of ether oxygens (including phenoxy) is 1. The molecule has 0 N–H and O–H groups in total. The predicted molar refractivity (Wildman–Crippen MR) is 100 cm³/mol. The van der Waals surface area contributed by atoms with Crippen molar-refractivity contribution in [3.8, 4) is 0 Å². The molecule has 140 valence electrons. The van der Waals surface area contributed by atoms with Crippen LogP contribution in [0.3, 0.4) is 0 Å². The van der Waals surface area contributed by atoms with E-state index in [0.29, 0.717) is 6.54 Å². The minimum atomic E-state index is -0.473. The molecule has 0 radical (unpaired) electrons. The average Bonchev–Trinajstić information content (AvgIpc) is 2.54. The van der Waals surface area contributed by atoms with Crippen molar-refractivity contribution in [2.75, 3.05) is 42.5 Å². The standard InChI is InChI=1S/C18H31N5O2/c1-7-21(8-2)15-11-16(20-13-19-15)22-9-10-23(14(3)12-22)17(24)25-18(4,5)6/h11,13-14H,7-10,12H2,1-6H3/t14-/m0/s1. The Labute approximate surface area is 151 Å². The zero-order valence-electron chi connectivity index (χ0n) is 16.3. The number of carbonyl (C=O) groups is 1. The number of nitrogens with zero attached hydrogens (tertiary/aromatic N) is 5. The summed E-state index contributed by atoms with van der Waals surface area (Å²) in [5, 5.41) is 0. The van der Waals surface area contributed by atoms with Gasteiger partial charge in [-0.05, 0) is 41.5 Å². The van der Waals surface area contributed by atoms with Gasteiger partial charge in [0.25, 0.3) is 0 Å². The summed E-state index contributed by atoms with van der Waals surface area (Å²) < 4.78 is 5.50. The lowest BCUT2D eigenvalue weighted by atomic mass is 10.2. The highest BCUT2D eigenvalue weighted by molar-refractivity contribution is 5.69. The molecule has 1 fully saturated rings. The average molecular weight is 349 g/mol. The van der Waals surface area contributed by atoms with E-state index in [1.54, 1.807) is 11.2 Å². The first-order valence-corrected chi connectivity index (χ1v) is 9.06. The number of hydrogen-bond acceptors (Lipinski definition) is 6. The molecule has 1 aromatic heterocycles. The number of anilines is 2. The molecule has 0 saturated carbocycles. The second-order valence-corrected chi connectivity index (χ2v) is 7.38. The Morgan fingerprint density at radius 1 is 1.28 bits per heavy atom. The van der Waals surface area contributed by atoms with Crippen LogP contribution in [-0.2, 0) is 4.74 Å². The van der Waals surface area contributed by atoms with Gasteiger partial charge in [-0.15, -0.1) is 0 Å². The Hall–Kier alpha value is -2.05. The van der Waals surface area contributed by atoms with Gasteiger partial charge in [-0.1, -0.05) is 0 Å². The van der Waals surface area contributed by atoms with Crippen LogP contribution in [0.1, 0.15) is 41.5 Å². The lowest BCUT2D eigenvalue weighted by Crippen LogP contribution is -2.55. The fraction of sp³-hybridized carbons (Fsp3) is 0.722. The summed E-state index contributed by atoms with van der Waals surface area (Å²) in [7, 11) is 0. The van der Waals surface area contributed by atoms with Crippen molar-refractivity contribution in [2.45, 2.75) is 53.2 Å². The van der Waals surface area contributed by atoms with Gasteiger partial charge in [0, 0.05) is 44.8 Å². The Morgan fingerprint density at radius 2 is 1.96 bits per heavy atom. The molecular weight excluding hydrogens is 318 g/mol. The number of amides is 1. The molecule has 7 heteroatoms. The molecule has 1 atom stereocenters. The quantitative estimate of drug-likeness (QED) is 0.833. The molecule has 1 aliphatic heterocycles. The minimum absolute atomic E-state index is 0.0652. The highest BCUT2D eigenvalue weighted by atomic mass is 16.6. The Kier molecular flexibility index (Phi) is 6.08. The third-order valence-corrected chi connectivity index (χ3v) is 4.31. The SMILES string of the molecule is CCN(CC)c1cc(N2CCN(C(=O)OC(C)(C)C)[C@@H](C)C2)ncn1. The number of piperazine rings is 1. The maximum Gasteiger partial charge on any atom is 0.410 e. The summed E-state index contributed by atoms with van der Waals surface area (Å²) in [6.45, 7) is 15.9.